The minimum absolute atomic E-state index is 0.241. The van der Waals surface area contributed by atoms with E-state index in [2.05, 4.69) is 5.32 Å². The van der Waals surface area contributed by atoms with E-state index < -0.39 is 6.10 Å². The molecular formula is C17H25NO4. The molecule has 22 heavy (non-hydrogen) atoms. The molecule has 1 aliphatic rings. The Bertz CT molecular complexity index is 497. The molecule has 0 aromatic heterocycles. The SMILES string of the molecule is COc1ccc(C(=O)NCC(O)C2CCCCC2)c(OC)c1. The van der Waals surface area contributed by atoms with Gasteiger partial charge in [0, 0.05) is 12.6 Å². The van der Waals surface area contributed by atoms with Gasteiger partial charge in [-0.1, -0.05) is 19.3 Å². The van der Waals surface area contributed by atoms with Crippen LogP contribution in [-0.4, -0.2) is 37.9 Å². The van der Waals surface area contributed by atoms with Crippen molar-refractivity contribution in [1.82, 2.24) is 5.32 Å². The van der Waals surface area contributed by atoms with Crippen LogP contribution in [0.5, 0.6) is 11.5 Å². The Hall–Kier alpha value is -1.75. The lowest BCUT2D eigenvalue weighted by Gasteiger charge is -2.26. The average molecular weight is 307 g/mol. The molecule has 1 aromatic carbocycles. The first-order valence-corrected chi connectivity index (χ1v) is 7.84. The van der Waals surface area contributed by atoms with E-state index in [1.165, 1.54) is 26.4 Å². The van der Waals surface area contributed by atoms with Crippen molar-refractivity contribution in [2.45, 2.75) is 38.2 Å². The van der Waals surface area contributed by atoms with Gasteiger partial charge >= 0.3 is 0 Å². The molecule has 1 saturated carbocycles. The van der Waals surface area contributed by atoms with Gasteiger partial charge in [-0.25, -0.2) is 0 Å². The van der Waals surface area contributed by atoms with Gasteiger partial charge in [-0.05, 0) is 30.9 Å². The Balaban J connectivity index is 1.94. The summed E-state index contributed by atoms with van der Waals surface area (Å²) in [5.74, 6) is 1.15. The van der Waals surface area contributed by atoms with Crippen LogP contribution in [-0.2, 0) is 0 Å². The molecule has 0 aliphatic heterocycles. The van der Waals surface area contributed by atoms with Crippen molar-refractivity contribution >= 4 is 5.91 Å². The van der Waals surface area contributed by atoms with Gasteiger partial charge in [0.1, 0.15) is 11.5 Å². The Morgan fingerprint density at radius 2 is 2.00 bits per heavy atom. The third-order valence-corrected chi connectivity index (χ3v) is 4.32. The van der Waals surface area contributed by atoms with Crippen molar-refractivity contribution in [2.24, 2.45) is 5.92 Å². The van der Waals surface area contributed by atoms with Crippen LogP contribution >= 0.6 is 0 Å². The Labute approximate surface area is 131 Å². The smallest absolute Gasteiger partial charge is 0.255 e. The standard InChI is InChI=1S/C17H25NO4/c1-21-13-8-9-14(16(10-13)22-2)17(20)18-11-15(19)12-6-4-3-5-7-12/h8-10,12,15,19H,3-7,11H2,1-2H3,(H,18,20). The van der Waals surface area contributed by atoms with Crippen LogP contribution < -0.4 is 14.8 Å². The molecule has 2 rings (SSSR count). The van der Waals surface area contributed by atoms with E-state index >= 15 is 0 Å². The molecule has 0 bridgehead atoms. The molecule has 0 spiro atoms. The quantitative estimate of drug-likeness (QED) is 0.846. The van der Waals surface area contributed by atoms with Crippen LogP contribution in [0.2, 0.25) is 0 Å². The van der Waals surface area contributed by atoms with Gasteiger partial charge in [0.15, 0.2) is 0 Å². The van der Waals surface area contributed by atoms with E-state index in [4.69, 9.17) is 9.47 Å². The molecule has 122 valence electrons. The number of ether oxygens (including phenoxy) is 2. The minimum atomic E-state index is -0.478. The second-order valence-electron chi connectivity index (χ2n) is 5.74. The molecule has 1 atom stereocenters. The summed E-state index contributed by atoms with van der Waals surface area (Å²) < 4.78 is 10.3. The average Bonchev–Trinajstić information content (AvgIpc) is 2.59. The molecule has 2 N–H and O–H groups in total. The van der Waals surface area contributed by atoms with E-state index in [1.54, 1.807) is 25.3 Å². The molecule has 1 aliphatic carbocycles. The fraction of sp³-hybridized carbons (Fsp3) is 0.588. The third kappa shape index (κ3) is 4.13. The van der Waals surface area contributed by atoms with Crippen LogP contribution in [0.25, 0.3) is 0 Å². The Kier molecular flexibility index (Phi) is 6.07. The highest BCUT2D eigenvalue weighted by molar-refractivity contribution is 5.97. The first kappa shape index (κ1) is 16.6. The number of carbonyl (C=O) groups excluding carboxylic acids is 1. The number of methoxy groups -OCH3 is 2. The van der Waals surface area contributed by atoms with Gasteiger partial charge in [0.2, 0.25) is 0 Å². The van der Waals surface area contributed by atoms with E-state index in [1.807, 2.05) is 0 Å². The van der Waals surface area contributed by atoms with Crippen molar-refractivity contribution in [2.75, 3.05) is 20.8 Å². The van der Waals surface area contributed by atoms with Gasteiger partial charge in [-0.2, -0.15) is 0 Å². The fourth-order valence-corrected chi connectivity index (χ4v) is 2.96. The number of rotatable bonds is 6. The van der Waals surface area contributed by atoms with Crippen LogP contribution in [0.3, 0.4) is 0 Å². The number of nitrogens with one attached hydrogen (secondary N) is 1. The predicted molar refractivity (Wildman–Crippen MR) is 84.5 cm³/mol. The summed E-state index contributed by atoms with van der Waals surface area (Å²) in [6.07, 6.45) is 5.20. The van der Waals surface area contributed by atoms with Crippen LogP contribution in [0, 0.1) is 5.92 Å². The molecule has 1 aromatic rings. The van der Waals surface area contributed by atoms with Crippen molar-refractivity contribution in [3.8, 4) is 11.5 Å². The molecule has 1 amide bonds. The highest BCUT2D eigenvalue weighted by atomic mass is 16.5. The van der Waals surface area contributed by atoms with Crippen LogP contribution in [0.1, 0.15) is 42.5 Å². The van der Waals surface area contributed by atoms with E-state index in [0.717, 1.165) is 12.8 Å². The second kappa shape index (κ2) is 8.03. The third-order valence-electron chi connectivity index (χ3n) is 4.32. The predicted octanol–water partition coefficient (Wildman–Crippen LogP) is 2.37. The molecular weight excluding hydrogens is 282 g/mol. The summed E-state index contributed by atoms with van der Waals surface area (Å²) in [6.45, 7) is 0.276. The van der Waals surface area contributed by atoms with Gasteiger partial charge in [0.25, 0.3) is 5.91 Å². The largest absolute Gasteiger partial charge is 0.497 e. The zero-order valence-corrected chi connectivity index (χ0v) is 13.3. The summed E-state index contributed by atoms with van der Waals surface area (Å²) in [5, 5.41) is 13.0. The van der Waals surface area contributed by atoms with Crippen molar-refractivity contribution in [3.05, 3.63) is 23.8 Å². The maximum Gasteiger partial charge on any atom is 0.255 e. The van der Waals surface area contributed by atoms with Crippen LogP contribution in [0.15, 0.2) is 18.2 Å². The Morgan fingerprint density at radius 1 is 1.27 bits per heavy atom. The minimum Gasteiger partial charge on any atom is -0.497 e. The fourth-order valence-electron chi connectivity index (χ4n) is 2.96. The maximum absolute atomic E-state index is 12.3. The number of aliphatic hydroxyl groups is 1. The Morgan fingerprint density at radius 3 is 2.64 bits per heavy atom. The van der Waals surface area contributed by atoms with E-state index in [0.29, 0.717) is 23.0 Å². The van der Waals surface area contributed by atoms with E-state index in [9.17, 15) is 9.90 Å². The zero-order valence-electron chi connectivity index (χ0n) is 13.3. The first-order chi connectivity index (χ1) is 10.7. The molecule has 0 heterocycles. The topological polar surface area (TPSA) is 67.8 Å². The molecule has 1 fully saturated rings. The number of hydrogen-bond donors (Lipinski definition) is 2. The lowest BCUT2D eigenvalue weighted by Crippen LogP contribution is -2.37. The summed E-state index contributed by atoms with van der Waals surface area (Å²) in [7, 11) is 3.08. The highest BCUT2D eigenvalue weighted by Gasteiger charge is 2.22. The number of aliphatic hydroxyl groups excluding tert-OH is 1. The lowest BCUT2D eigenvalue weighted by molar-refractivity contribution is 0.0737. The number of amides is 1. The van der Waals surface area contributed by atoms with E-state index in [-0.39, 0.29) is 12.5 Å². The number of carbonyl (C=O) groups is 1. The van der Waals surface area contributed by atoms with Crippen LogP contribution in [0.4, 0.5) is 0 Å². The number of hydrogen-bond acceptors (Lipinski definition) is 4. The first-order valence-electron chi connectivity index (χ1n) is 7.84. The van der Waals surface area contributed by atoms with Gasteiger partial charge in [-0.15, -0.1) is 0 Å². The monoisotopic (exact) mass is 307 g/mol. The van der Waals surface area contributed by atoms with Crippen molar-refractivity contribution in [1.29, 1.82) is 0 Å². The summed E-state index contributed by atoms with van der Waals surface area (Å²) in [4.78, 5) is 12.3. The highest BCUT2D eigenvalue weighted by Crippen LogP contribution is 2.27. The molecule has 5 heteroatoms. The zero-order chi connectivity index (χ0) is 15.9. The van der Waals surface area contributed by atoms with Gasteiger partial charge in [-0.3, -0.25) is 4.79 Å². The summed E-state index contributed by atoms with van der Waals surface area (Å²) in [5.41, 5.74) is 0.444. The van der Waals surface area contributed by atoms with Crippen molar-refractivity contribution in [3.63, 3.8) is 0 Å². The molecule has 5 nitrogen and oxygen atoms in total. The summed E-state index contributed by atoms with van der Waals surface area (Å²) in [6, 6.07) is 5.06. The number of benzene rings is 1. The normalized spacial score (nSPS) is 16.9. The molecule has 1 unspecified atom stereocenters. The lowest BCUT2D eigenvalue weighted by atomic mass is 9.85. The van der Waals surface area contributed by atoms with Gasteiger partial charge in [0.05, 0.1) is 25.9 Å². The van der Waals surface area contributed by atoms with Gasteiger partial charge < -0.3 is 19.9 Å². The summed E-state index contributed by atoms with van der Waals surface area (Å²) >= 11 is 0. The molecule has 0 saturated heterocycles. The second-order valence-corrected chi connectivity index (χ2v) is 5.74. The maximum atomic E-state index is 12.3. The van der Waals surface area contributed by atoms with Crippen molar-refractivity contribution < 1.29 is 19.4 Å². The molecule has 0 radical (unpaired) electrons.